The third kappa shape index (κ3) is 7.97. The summed E-state index contributed by atoms with van der Waals surface area (Å²) in [7, 11) is 0. The van der Waals surface area contributed by atoms with Gasteiger partial charge in [-0.1, -0.05) is 38.3 Å². The van der Waals surface area contributed by atoms with Crippen molar-refractivity contribution in [2.24, 2.45) is 5.92 Å². The molecule has 0 rings (SSSR count). The molecule has 1 unspecified atom stereocenters. The van der Waals surface area contributed by atoms with E-state index in [1.807, 2.05) is 19.9 Å². The average molecular weight is 283 g/mol. The van der Waals surface area contributed by atoms with Crippen molar-refractivity contribution in [2.75, 3.05) is 13.1 Å². The molecular weight excluding hydrogens is 254 g/mol. The fourth-order valence-corrected chi connectivity index (χ4v) is 2.08. The van der Waals surface area contributed by atoms with Crippen LogP contribution in [0.2, 0.25) is 0 Å². The van der Waals surface area contributed by atoms with E-state index in [9.17, 15) is 9.59 Å². The second-order valence-electron chi connectivity index (χ2n) is 4.99. The van der Waals surface area contributed by atoms with Crippen LogP contribution in [0.4, 0.5) is 0 Å². The van der Waals surface area contributed by atoms with Crippen molar-refractivity contribution in [1.82, 2.24) is 4.90 Å². The van der Waals surface area contributed by atoms with E-state index in [0.29, 0.717) is 13.1 Å². The molecule has 0 fully saturated rings. The van der Waals surface area contributed by atoms with Gasteiger partial charge in [0, 0.05) is 19.5 Å². The van der Waals surface area contributed by atoms with Crippen molar-refractivity contribution >= 4 is 11.9 Å². The highest BCUT2D eigenvalue weighted by molar-refractivity contribution is 5.83. The van der Waals surface area contributed by atoms with Gasteiger partial charge in [0.15, 0.2) is 0 Å². The maximum atomic E-state index is 11.9. The van der Waals surface area contributed by atoms with Gasteiger partial charge in [-0.05, 0) is 26.7 Å². The van der Waals surface area contributed by atoms with Crippen molar-refractivity contribution in [1.29, 1.82) is 0 Å². The van der Waals surface area contributed by atoms with Crippen LogP contribution in [0.5, 0.6) is 0 Å². The number of nitrogens with zero attached hydrogens (tertiary/aromatic N) is 1. The highest BCUT2D eigenvalue weighted by Gasteiger charge is 2.20. The molecule has 0 saturated carbocycles. The van der Waals surface area contributed by atoms with E-state index < -0.39 is 11.9 Å². The van der Waals surface area contributed by atoms with E-state index in [-0.39, 0.29) is 12.3 Å². The number of rotatable bonds is 11. The molecule has 0 spiro atoms. The molecule has 0 aliphatic heterocycles. The lowest BCUT2D eigenvalue weighted by atomic mass is 10.0. The number of hydrogen-bond acceptors (Lipinski definition) is 2. The summed E-state index contributed by atoms with van der Waals surface area (Å²) in [6, 6.07) is 0. The first-order valence-corrected chi connectivity index (χ1v) is 7.73. The fourth-order valence-electron chi connectivity index (χ4n) is 2.08. The summed E-state index contributed by atoms with van der Waals surface area (Å²) in [6.45, 7) is 7.22. The predicted molar refractivity (Wildman–Crippen MR) is 81.6 cm³/mol. The molecule has 0 heterocycles. The Morgan fingerprint density at radius 1 is 1.10 bits per heavy atom. The number of unbranched alkanes of at least 4 members (excludes halogenated alkanes) is 4. The monoisotopic (exact) mass is 283 g/mol. The van der Waals surface area contributed by atoms with Crippen molar-refractivity contribution in [3.63, 3.8) is 0 Å². The summed E-state index contributed by atoms with van der Waals surface area (Å²) in [5.74, 6) is -1.71. The maximum Gasteiger partial charge on any atom is 0.310 e. The number of carbonyl (C=O) groups excluding carboxylic acids is 1. The Morgan fingerprint density at radius 2 is 1.75 bits per heavy atom. The van der Waals surface area contributed by atoms with Crippen LogP contribution < -0.4 is 0 Å². The molecule has 4 heteroatoms. The first-order chi connectivity index (χ1) is 9.56. The second kappa shape index (κ2) is 11.5. The van der Waals surface area contributed by atoms with Crippen LogP contribution >= 0.6 is 0 Å². The van der Waals surface area contributed by atoms with Gasteiger partial charge in [0.1, 0.15) is 0 Å². The van der Waals surface area contributed by atoms with Gasteiger partial charge in [-0.2, -0.15) is 0 Å². The lowest BCUT2D eigenvalue weighted by Crippen LogP contribution is -2.33. The zero-order valence-corrected chi connectivity index (χ0v) is 13.1. The van der Waals surface area contributed by atoms with Crippen molar-refractivity contribution in [3.8, 4) is 0 Å². The van der Waals surface area contributed by atoms with Crippen LogP contribution in [-0.2, 0) is 9.59 Å². The van der Waals surface area contributed by atoms with Gasteiger partial charge < -0.3 is 10.0 Å². The minimum Gasteiger partial charge on any atom is -0.481 e. The van der Waals surface area contributed by atoms with Crippen LogP contribution in [0.1, 0.15) is 59.3 Å². The molecule has 0 bridgehead atoms. The van der Waals surface area contributed by atoms with Crippen molar-refractivity contribution in [2.45, 2.75) is 59.3 Å². The number of allylic oxidation sites excluding steroid dienone is 1. The zero-order chi connectivity index (χ0) is 15.4. The van der Waals surface area contributed by atoms with Crippen LogP contribution in [0.3, 0.4) is 0 Å². The highest BCUT2D eigenvalue weighted by Crippen LogP contribution is 2.11. The average Bonchev–Trinajstić information content (AvgIpc) is 2.42. The number of carboxylic acids is 1. The Bertz CT molecular complexity index is 309. The van der Waals surface area contributed by atoms with Gasteiger partial charge in [0.2, 0.25) is 5.91 Å². The molecule has 0 radical (unpaired) electrons. The van der Waals surface area contributed by atoms with Crippen LogP contribution in [-0.4, -0.2) is 35.0 Å². The smallest absolute Gasteiger partial charge is 0.310 e. The van der Waals surface area contributed by atoms with Gasteiger partial charge in [0.05, 0.1) is 5.92 Å². The molecule has 0 aromatic heterocycles. The summed E-state index contributed by atoms with van der Waals surface area (Å²) < 4.78 is 0. The number of carbonyl (C=O) groups is 2. The Kier molecular flexibility index (Phi) is 10.7. The van der Waals surface area contributed by atoms with Gasteiger partial charge >= 0.3 is 5.97 Å². The molecule has 4 nitrogen and oxygen atoms in total. The molecule has 0 aromatic carbocycles. The molecular formula is C16H29NO3. The minimum atomic E-state index is -0.921. The summed E-state index contributed by atoms with van der Waals surface area (Å²) in [5, 5.41) is 9.17. The van der Waals surface area contributed by atoms with E-state index in [1.54, 1.807) is 11.0 Å². The normalized spacial score (nSPS) is 12.6. The van der Waals surface area contributed by atoms with E-state index in [1.165, 1.54) is 19.3 Å². The molecule has 0 aromatic rings. The number of carboxylic acid groups (broad SMARTS) is 1. The highest BCUT2D eigenvalue weighted by atomic mass is 16.4. The molecule has 0 aliphatic rings. The van der Waals surface area contributed by atoms with Gasteiger partial charge in [-0.3, -0.25) is 9.59 Å². The topological polar surface area (TPSA) is 57.6 Å². The Balaban J connectivity index is 4.26. The molecule has 0 aliphatic carbocycles. The molecule has 0 saturated heterocycles. The first-order valence-electron chi connectivity index (χ1n) is 7.73. The SMILES string of the molecule is CCCCCC/C=C/C(CC(=O)N(CC)CC)C(=O)O. The third-order valence-corrected chi connectivity index (χ3v) is 3.42. The molecule has 116 valence electrons. The second-order valence-corrected chi connectivity index (χ2v) is 4.99. The Morgan fingerprint density at radius 3 is 2.25 bits per heavy atom. The lowest BCUT2D eigenvalue weighted by Gasteiger charge is -2.19. The van der Waals surface area contributed by atoms with E-state index >= 15 is 0 Å². The number of hydrogen-bond donors (Lipinski definition) is 1. The Labute approximate surface area is 122 Å². The van der Waals surface area contributed by atoms with Crippen LogP contribution in [0, 0.1) is 5.92 Å². The summed E-state index contributed by atoms with van der Waals surface area (Å²) in [5.41, 5.74) is 0. The first kappa shape index (κ1) is 18.7. The quantitative estimate of drug-likeness (QED) is 0.466. The van der Waals surface area contributed by atoms with E-state index in [0.717, 1.165) is 12.8 Å². The van der Waals surface area contributed by atoms with Gasteiger partial charge in [-0.15, -0.1) is 0 Å². The maximum absolute atomic E-state index is 11.9. The Hall–Kier alpha value is -1.32. The standard InChI is InChI=1S/C16H29NO3/c1-4-7-8-9-10-11-12-14(16(19)20)13-15(18)17(5-2)6-3/h11-12,14H,4-10,13H2,1-3H3,(H,19,20)/b12-11+. The minimum absolute atomic E-state index is 0.0580. The third-order valence-electron chi connectivity index (χ3n) is 3.42. The van der Waals surface area contributed by atoms with E-state index in [2.05, 4.69) is 6.92 Å². The summed E-state index contributed by atoms with van der Waals surface area (Å²) in [6.07, 6.45) is 9.21. The molecule has 1 amide bonds. The molecule has 20 heavy (non-hydrogen) atoms. The van der Waals surface area contributed by atoms with Gasteiger partial charge in [-0.25, -0.2) is 0 Å². The van der Waals surface area contributed by atoms with Gasteiger partial charge in [0.25, 0.3) is 0 Å². The fraction of sp³-hybridized carbons (Fsp3) is 0.750. The zero-order valence-electron chi connectivity index (χ0n) is 13.1. The number of amides is 1. The summed E-state index contributed by atoms with van der Waals surface area (Å²) in [4.78, 5) is 24.8. The van der Waals surface area contributed by atoms with Crippen molar-refractivity contribution < 1.29 is 14.7 Å². The summed E-state index contributed by atoms with van der Waals surface area (Å²) >= 11 is 0. The van der Waals surface area contributed by atoms with Crippen LogP contribution in [0.15, 0.2) is 12.2 Å². The predicted octanol–water partition coefficient (Wildman–Crippen LogP) is 3.47. The van der Waals surface area contributed by atoms with Crippen LogP contribution in [0.25, 0.3) is 0 Å². The largest absolute Gasteiger partial charge is 0.481 e. The molecule has 1 N–H and O–H groups in total. The number of aliphatic carboxylic acids is 1. The molecule has 1 atom stereocenters. The van der Waals surface area contributed by atoms with E-state index in [4.69, 9.17) is 5.11 Å². The lowest BCUT2D eigenvalue weighted by molar-refractivity contribution is -0.144. The van der Waals surface area contributed by atoms with Crippen molar-refractivity contribution in [3.05, 3.63) is 12.2 Å².